The highest BCUT2D eigenvalue weighted by atomic mass is 16.5. The predicted molar refractivity (Wildman–Crippen MR) is 116 cm³/mol. The van der Waals surface area contributed by atoms with Crippen molar-refractivity contribution in [2.24, 2.45) is 0 Å². The maximum Gasteiger partial charge on any atom is 0.242 e. The molecule has 1 aliphatic rings. The van der Waals surface area contributed by atoms with Crippen molar-refractivity contribution in [3.8, 4) is 5.75 Å². The van der Waals surface area contributed by atoms with Crippen molar-refractivity contribution in [3.63, 3.8) is 0 Å². The van der Waals surface area contributed by atoms with Crippen molar-refractivity contribution in [1.82, 2.24) is 14.5 Å². The van der Waals surface area contributed by atoms with Crippen molar-refractivity contribution in [2.75, 3.05) is 6.54 Å². The second-order valence-corrected chi connectivity index (χ2v) is 7.54. The molecule has 0 saturated carbocycles. The maximum atomic E-state index is 13.2. The summed E-state index contributed by atoms with van der Waals surface area (Å²) in [5.74, 6) is 1.65. The summed E-state index contributed by atoms with van der Waals surface area (Å²) >= 11 is 0. The summed E-state index contributed by atoms with van der Waals surface area (Å²) in [6, 6.07) is 26.0. The van der Waals surface area contributed by atoms with Crippen molar-refractivity contribution in [3.05, 3.63) is 95.8 Å². The zero-order valence-corrected chi connectivity index (χ0v) is 16.7. The lowest BCUT2D eigenvalue weighted by atomic mass is 10.00. The predicted octanol–water partition coefficient (Wildman–Crippen LogP) is 4.20. The van der Waals surface area contributed by atoms with Crippen molar-refractivity contribution in [1.29, 1.82) is 0 Å². The van der Waals surface area contributed by atoms with Gasteiger partial charge in [-0.2, -0.15) is 0 Å². The Hall–Kier alpha value is -3.60. The largest absolute Gasteiger partial charge is 0.486 e. The number of carbonyl (C=O) groups excluding carboxylic acids is 1. The Labute approximate surface area is 175 Å². The van der Waals surface area contributed by atoms with Gasteiger partial charge in [-0.15, -0.1) is 0 Å². The van der Waals surface area contributed by atoms with Crippen molar-refractivity contribution in [2.45, 2.75) is 26.1 Å². The third-order valence-corrected chi connectivity index (χ3v) is 5.62. The van der Waals surface area contributed by atoms with E-state index in [1.165, 1.54) is 11.1 Å². The minimum absolute atomic E-state index is 0.105. The minimum Gasteiger partial charge on any atom is -0.486 e. The molecular weight excluding hydrogens is 374 g/mol. The highest BCUT2D eigenvalue weighted by molar-refractivity contribution is 5.81. The van der Waals surface area contributed by atoms with Gasteiger partial charge in [-0.25, -0.2) is 4.98 Å². The topological polar surface area (TPSA) is 47.4 Å². The maximum absolute atomic E-state index is 13.2. The number of ether oxygens (including phenoxy) is 1. The molecule has 4 aromatic rings. The van der Waals surface area contributed by atoms with Gasteiger partial charge in [0.05, 0.1) is 11.0 Å². The van der Waals surface area contributed by atoms with E-state index < -0.39 is 0 Å². The van der Waals surface area contributed by atoms with Crippen LogP contribution in [0.3, 0.4) is 0 Å². The number of fused-ring (bicyclic) bond motifs is 2. The van der Waals surface area contributed by atoms with Crippen LogP contribution in [-0.2, 0) is 30.9 Å². The minimum atomic E-state index is 0.105. The number of aromatic nitrogens is 2. The molecule has 0 aliphatic carbocycles. The fourth-order valence-electron chi connectivity index (χ4n) is 4.02. The monoisotopic (exact) mass is 397 g/mol. The van der Waals surface area contributed by atoms with Crippen molar-refractivity contribution < 1.29 is 9.53 Å². The second kappa shape index (κ2) is 8.03. The first-order valence-corrected chi connectivity index (χ1v) is 10.2. The van der Waals surface area contributed by atoms with Crippen LogP contribution in [-0.4, -0.2) is 26.9 Å². The van der Waals surface area contributed by atoms with E-state index in [0.717, 1.165) is 35.6 Å². The van der Waals surface area contributed by atoms with Crippen LogP contribution in [0.2, 0.25) is 0 Å². The van der Waals surface area contributed by atoms with Gasteiger partial charge in [0.1, 0.15) is 24.7 Å². The van der Waals surface area contributed by atoms with Gasteiger partial charge in [0.15, 0.2) is 0 Å². The van der Waals surface area contributed by atoms with Gasteiger partial charge in [-0.1, -0.05) is 54.6 Å². The number of carbonyl (C=O) groups is 1. The van der Waals surface area contributed by atoms with Crippen molar-refractivity contribution >= 4 is 16.9 Å². The zero-order valence-electron chi connectivity index (χ0n) is 16.7. The molecule has 0 bridgehead atoms. The number of hydrogen-bond donors (Lipinski definition) is 0. The molecule has 2 heterocycles. The van der Waals surface area contributed by atoms with Crippen LogP contribution in [0.4, 0.5) is 0 Å². The molecule has 5 heteroatoms. The number of rotatable bonds is 5. The van der Waals surface area contributed by atoms with E-state index in [9.17, 15) is 4.79 Å². The Morgan fingerprint density at radius 2 is 1.63 bits per heavy atom. The normalized spacial score (nSPS) is 13.3. The van der Waals surface area contributed by atoms with Gasteiger partial charge < -0.3 is 14.2 Å². The van der Waals surface area contributed by atoms with Crippen LogP contribution in [0.5, 0.6) is 5.75 Å². The summed E-state index contributed by atoms with van der Waals surface area (Å²) in [6.07, 6.45) is 0.899. The molecule has 0 spiro atoms. The van der Waals surface area contributed by atoms with Crippen LogP contribution >= 0.6 is 0 Å². The summed E-state index contributed by atoms with van der Waals surface area (Å²) in [4.78, 5) is 19.9. The van der Waals surface area contributed by atoms with E-state index in [4.69, 9.17) is 9.72 Å². The third-order valence-electron chi connectivity index (χ3n) is 5.62. The van der Waals surface area contributed by atoms with Crippen LogP contribution < -0.4 is 4.74 Å². The van der Waals surface area contributed by atoms with E-state index in [-0.39, 0.29) is 12.5 Å². The third kappa shape index (κ3) is 3.66. The SMILES string of the molecule is O=C(Cn1c(COc2ccccc2)nc2ccccc21)N1CCc2ccccc2C1. The van der Waals surface area contributed by atoms with Crippen LogP contribution in [0, 0.1) is 0 Å². The Morgan fingerprint density at radius 1 is 0.900 bits per heavy atom. The number of hydrogen-bond acceptors (Lipinski definition) is 3. The molecule has 0 radical (unpaired) electrons. The molecule has 0 saturated heterocycles. The molecule has 1 aliphatic heterocycles. The number of imidazole rings is 1. The Bertz CT molecular complexity index is 1180. The Kier molecular flexibility index (Phi) is 4.93. The lowest BCUT2D eigenvalue weighted by Gasteiger charge is -2.29. The number of para-hydroxylation sites is 3. The molecule has 5 nitrogen and oxygen atoms in total. The van der Waals surface area contributed by atoms with Gasteiger partial charge in [-0.3, -0.25) is 4.79 Å². The molecule has 0 atom stereocenters. The Morgan fingerprint density at radius 3 is 2.50 bits per heavy atom. The molecular formula is C25H23N3O2. The zero-order chi connectivity index (χ0) is 20.3. The smallest absolute Gasteiger partial charge is 0.242 e. The standard InChI is InChI=1S/C25H23N3O2/c29-25(27-15-14-19-8-4-5-9-20(19)16-27)17-28-23-13-7-6-12-22(23)26-24(28)18-30-21-10-2-1-3-11-21/h1-13H,14-18H2. The molecule has 150 valence electrons. The highest BCUT2D eigenvalue weighted by Crippen LogP contribution is 2.21. The molecule has 1 amide bonds. The van der Waals surface area contributed by atoms with Gasteiger partial charge in [0.25, 0.3) is 0 Å². The van der Waals surface area contributed by atoms with E-state index in [0.29, 0.717) is 13.2 Å². The number of amides is 1. The molecule has 1 aromatic heterocycles. The van der Waals surface area contributed by atoms with E-state index in [2.05, 4.69) is 18.2 Å². The van der Waals surface area contributed by atoms with E-state index in [1.54, 1.807) is 0 Å². The van der Waals surface area contributed by atoms with E-state index >= 15 is 0 Å². The molecule has 5 rings (SSSR count). The summed E-state index contributed by atoms with van der Waals surface area (Å²) in [5, 5.41) is 0. The Balaban J connectivity index is 1.38. The first-order valence-electron chi connectivity index (χ1n) is 10.2. The van der Waals surface area contributed by atoms with Crippen LogP contribution in [0.1, 0.15) is 17.0 Å². The molecule has 30 heavy (non-hydrogen) atoms. The number of nitrogens with zero attached hydrogens (tertiary/aromatic N) is 3. The van der Waals surface area contributed by atoms with Crippen LogP contribution in [0.15, 0.2) is 78.9 Å². The summed E-state index contributed by atoms with van der Waals surface area (Å²) in [6.45, 7) is 1.99. The lowest BCUT2D eigenvalue weighted by molar-refractivity contribution is -0.132. The fourth-order valence-corrected chi connectivity index (χ4v) is 4.02. The highest BCUT2D eigenvalue weighted by Gasteiger charge is 2.22. The van der Waals surface area contributed by atoms with Gasteiger partial charge >= 0.3 is 0 Å². The molecule has 0 fully saturated rings. The van der Waals surface area contributed by atoms with E-state index in [1.807, 2.05) is 70.1 Å². The average molecular weight is 397 g/mol. The molecule has 0 unspecified atom stereocenters. The summed E-state index contributed by atoms with van der Waals surface area (Å²) < 4.78 is 7.91. The lowest BCUT2D eigenvalue weighted by Crippen LogP contribution is -2.38. The molecule has 3 aromatic carbocycles. The second-order valence-electron chi connectivity index (χ2n) is 7.54. The number of benzene rings is 3. The first-order chi connectivity index (χ1) is 14.8. The molecule has 0 N–H and O–H groups in total. The average Bonchev–Trinajstić information content (AvgIpc) is 3.15. The van der Waals surface area contributed by atoms with Gasteiger partial charge in [-0.05, 0) is 41.8 Å². The quantitative estimate of drug-likeness (QED) is 0.507. The summed E-state index contributed by atoms with van der Waals surface area (Å²) in [7, 11) is 0. The summed E-state index contributed by atoms with van der Waals surface area (Å²) in [5.41, 5.74) is 4.41. The van der Waals surface area contributed by atoms with Gasteiger partial charge in [0.2, 0.25) is 5.91 Å². The van der Waals surface area contributed by atoms with Gasteiger partial charge in [0, 0.05) is 13.1 Å². The first kappa shape index (κ1) is 18.4. The van der Waals surface area contributed by atoms with Crippen LogP contribution in [0.25, 0.3) is 11.0 Å². The fraction of sp³-hybridized carbons (Fsp3) is 0.200.